The smallest absolute Gasteiger partial charge is 0.408 e. The van der Waals surface area contributed by atoms with Gasteiger partial charge in [-0.1, -0.05) is 55.0 Å². The lowest BCUT2D eigenvalue weighted by Crippen LogP contribution is -2.60. The van der Waals surface area contributed by atoms with Crippen molar-refractivity contribution in [2.45, 2.75) is 54.1 Å². The monoisotopic (exact) mass is 423 g/mol. The number of rotatable bonds is 4. The maximum absolute atomic E-state index is 12.7. The second-order valence-electron chi connectivity index (χ2n) is 8.56. The standard InChI is InChI=1S/C24H25NO4S/c26-22(27)24(12-15-6-5-7-16(13-24)30-15)25-23(28)29-14-21-19-10-3-1-8-17(19)18-9-2-4-11-20(18)21/h1-4,8-11,15-16,21H,5-7,12-14H2,(H,25,28)(H,26,27). The van der Waals surface area contributed by atoms with Gasteiger partial charge >= 0.3 is 12.1 Å². The van der Waals surface area contributed by atoms with Gasteiger partial charge in [-0.15, -0.1) is 0 Å². The Labute approximate surface area is 180 Å². The highest BCUT2D eigenvalue weighted by molar-refractivity contribution is 8.00. The molecule has 0 spiro atoms. The Morgan fingerprint density at radius 2 is 1.57 bits per heavy atom. The molecule has 1 amide bonds. The molecule has 0 saturated carbocycles. The molecule has 30 heavy (non-hydrogen) atoms. The predicted octanol–water partition coefficient (Wildman–Crippen LogP) is 4.80. The number of aliphatic carboxylic acids is 1. The van der Waals surface area contributed by atoms with Crippen LogP contribution in [-0.4, -0.2) is 39.8 Å². The van der Waals surface area contributed by atoms with Gasteiger partial charge in [-0.2, -0.15) is 11.8 Å². The predicted molar refractivity (Wildman–Crippen MR) is 117 cm³/mol. The fourth-order valence-corrected chi connectivity index (χ4v) is 7.21. The first-order valence-electron chi connectivity index (χ1n) is 10.6. The summed E-state index contributed by atoms with van der Waals surface area (Å²) in [4.78, 5) is 24.9. The van der Waals surface area contributed by atoms with E-state index in [4.69, 9.17) is 4.74 Å². The minimum absolute atomic E-state index is 0.0368. The molecule has 2 fully saturated rings. The summed E-state index contributed by atoms with van der Waals surface area (Å²) in [6, 6.07) is 16.3. The van der Waals surface area contributed by atoms with Gasteiger partial charge in [0.1, 0.15) is 12.1 Å². The molecule has 156 valence electrons. The van der Waals surface area contributed by atoms with Crippen LogP contribution in [0, 0.1) is 0 Å². The first-order chi connectivity index (χ1) is 14.6. The number of fused-ring (bicyclic) bond motifs is 5. The molecule has 5 nitrogen and oxygen atoms in total. The fraction of sp³-hybridized carbons (Fsp3) is 0.417. The number of amides is 1. The van der Waals surface area contributed by atoms with Crippen LogP contribution in [0.5, 0.6) is 0 Å². The Kier molecular flexibility index (Phi) is 4.97. The van der Waals surface area contributed by atoms with E-state index in [0.29, 0.717) is 23.3 Å². The lowest BCUT2D eigenvalue weighted by molar-refractivity contribution is -0.145. The normalized spacial score (nSPS) is 27.1. The highest BCUT2D eigenvalue weighted by Crippen LogP contribution is 2.46. The number of carbonyl (C=O) groups excluding carboxylic acids is 1. The molecule has 2 saturated heterocycles. The van der Waals surface area contributed by atoms with Gasteiger partial charge in [-0.3, -0.25) is 0 Å². The van der Waals surface area contributed by atoms with Crippen molar-refractivity contribution < 1.29 is 19.4 Å². The molecule has 2 aromatic carbocycles. The Morgan fingerprint density at radius 1 is 1.00 bits per heavy atom. The molecule has 0 radical (unpaired) electrons. The number of hydrogen-bond acceptors (Lipinski definition) is 4. The van der Waals surface area contributed by atoms with Crippen LogP contribution in [0.2, 0.25) is 0 Å². The van der Waals surface area contributed by atoms with Gasteiger partial charge in [0, 0.05) is 16.4 Å². The molecule has 6 heteroatoms. The summed E-state index contributed by atoms with van der Waals surface area (Å²) in [6.07, 6.45) is 3.47. The average molecular weight is 424 g/mol. The molecule has 3 aliphatic rings. The zero-order valence-corrected chi connectivity index (χ0v) is 17.5. The molecular weight excluding hydrogens is 398 g/mol. The molecule has 2 atom stereocenters. The molecule has 5 rings (SSSR count). The number of ether oxygens (including phenoxy) is 1. The number of carboxylic acid groups (broad SMARTS) is 1. The molecule has 2 N–H and O–H groups in total. The molecule has 2 bridgehead atoms. The summed E-state index contributed by atoms with van der Waals surface area (Å²) in [5.41, 5.74) is 3.40. The van der Waals surface area contributed by atoms with Crippen molar-refractivity contribution in [2.24, 2.45) is 0 Å². The maximum Gasteiger partial charge on any atom is 0.408 e. The number of thioether (sulfide) groups is 1. The summed E-state index contributed by atoms with van der Waals surface area (Å²) in [7, 11) is 0. The Balaban J connectivity index is 1.31. The van der Waals surface area contributed by atoms with E-state index in [1.807, 2.05) is 36.0 Å². The molecule has 2 aromatic rings. The third-order valence-corrected chi connectivity index (χ3v) is 8.26. The molecule has 2 heterocycles. The first-order valence-corrected chi connectivity index (χ1v) is 11.5. The molecule has 1 aliphatic carbocycles. The number of alkyl carbamates (subject to hydrolysis) is 1. The number of carboxylic acids is 1. The second-order valence-corrected chi connectivity index (χ2v) is 10.2. The number of benzene rings is 2. The van der Waals surface area contributed by atoms with Gasteiger partial charge in [-0.25, -0.2) is 9.59 Å². The quantitative estimate of drug-likeness (QED) is 0.739. The number of hydrogen-bond donors (Lipinski definition) is 2. The summed E-state index contributed by atoms with van der Waals surface area (Å²) in [5.74, 6) is -0.988. The van der Waals surface area contributed by atoms with E-state index in [1.54, 1.807) is 0 Å². The van der Waals surface area contributed by atoms with Gasteiger partial charge in [0.15, 0.2) is 0 Å². The minimum Gasteiger partial charge on any atom is -0.480 e. The van der Waals surface area contributed by atoms with Gasteiger partial charge < -0.3 is 15.2 Å². The molecule has 0 aromatic heterocycles. The van der Waals surface area contributed by atoms with Crippen LogP contribution in [-0.2, 0) is 9.53 Å². The highest BCUT2D eigenvalue weighted by atomic mass is 32.2. The minimum atomic E-state index is -1.22. The lowest BCUT2D eigenvalue weighted by atomic mass is 9.82. The molecular formula is C24H25NO4S. The van der Waals surface area contributed by atoms with Gasteiger partial charge in [0.25, 0.3) is 0 Å². The highest BCUT2D eigenvalue weighted by Gasteiger charge is 2.49. The molecule has 2 aliphatic heterocycles. The van der Waals surface area contributed by atoms with Crippen molar-refractivity contribution in [1.82, 2.24) is 5.32 Å². The van der Waals surface area contributed by atoms with Crippen molar-refractivity contribution in [2.75, 3.05) is 6.61 Å². The second kappa shape index (κ2) is 7.65. The first kappa shape index (κ1) is 19.5. The van der Waals surface area contributed by atoms with Crippen molar-refractivity contribution in [3.63, 3.8) is 0 Å². The van der Waals surface area contributed by atoms with Crippen molar-refractivity contribution in [3.8, 4) is 11.1 Å². The van der Waals surface area contributed by atoms with E-state index in [9.17, 15) is 14.7 Å². The number of carbonyl (C=O) groups is 2. The van der Waals surface area contributed by atoms with E-state index >= 15 is 0 Å². The van der Waals surface area contributed by atoms with Crippen molar-refractivity contribution in [1.29, 1.82) is 0 Å². The van der Waals surface area contributed by atoms with E-state index in [-0.39, 0.29) is 12.5 Å². The van der Waals surface area contributed by atoms with E-state index < -0.39 is 17.6 Å². The third kappa shape index (κ3) is 3.37. The van der Waals surface area contributed by atoms with Crippen LogP contribution in [0.15, 0.2) is 48.5 Å². The Morgan fingerprint density at radius 3 is 2.13 bits per heavy atom. The third-order valence-electron chi connectivity index (χ3n) is 6.68. The summed E-state index contributed by atoms with van der Waals surface area (Å²) in [5, 5.41) is 13.3. The van der Waals surface area contributed by atoms with Gasteiger partial charge in [0.05, 0.1) is 0 Å². The van der Waals surface area contributed by atoms with Gasteiger partial charge in [-0.05, 0) is 47.9 Å². The molecule has 2 unspecified atom stereocenters. The van der Waals surface area contributed by atoms with E-state index in [1.165, 1.54) is 11.1 Å². The van der Waals surface area contributed by atoms with Crippen LogP contribution >= 0.6 is 11.8 Å². The maximum atomic E-state index is 12.7. The zero-order valence-electron chi connectivity index (χ0n) is 16.7. The van der Waals surface area contributed by atoms with Crippen LogP contribution in [0.4, 0.5) is 4.79 Å². The summed E-state index contributed by atoms with van der Waals surface area (Å²) >= 11 is 1.88. The zero-order chi connectivity index (χ0) is 20.7. The summed E-state index contributed by atoms with van der Waals surface area (Å²) < 4.78 is 5.62. The Bertz CT molecular complexity index is 933. The summed E-state index contributed by atoms with van der Waals surface area (Å²) in [6.45, 7) is 0.192. The van der Waals surface area contributed by atoms with E-state index in [2.05, 4.69) is 29.6 Å². The SMILES string of the molecule is O=C(NC1(C(=O)O)CC2CCCC(C1)S2)OCC1c2ccccc2-c2ccccc21. The largest absolute Gasteiger partial charge is 0.480 e. The van der Waals surface area contributed by atoms with Crippen LogP contribution in [0.3, 0.4) is 0 Å². The van der Waals surface area contributed by atoms with Crippen molar-refractivity contribution in [3.05, 3.63) is 59.7 Å². The van der Waals surface area contributed by atoms with Crippen molar-refractivity contribution >= 4 is 23.8 Å². The van der Waals surface area contributed by atoms with Crippen LogP contribution in [0.25, 0.3) is 11.1 Å². The van der Waals surface area contributed by atoms with Gasteiger partial charge in [0.2, 0.25) is 0 Å². The van der Waals surface area contributed by atoms with Crippen LogP contribution < -0.4 is 5.32 Å². The topological polar surface area (TPSA) is 75.6 Å². The fourth-order valence-electron chi connectivity index (χ4n) is 5.30. The average Bonchev–Trinajstić information content (AvgIpc) is 3.06. The lowest BCUT2D eigenvalue weighted by Gasteiger charge is -2.44. The number of nitrogens with one attached hydrogen (secondary N) is 1. The Hall–Kier alpha value is -2.47. The van der Waals surface area contributed by atoms with Crippen LogP contribution in [0.1, 0.15) is 49.1 Å². The van der Waals surface area contributed by atoms with E-state index in [0.717, 1.165) is 30.4 Å².